The van der Waals surface area contributed by atoms with Crippen molar-refractivity contribution >= 4 is 23.8 Å². The lowest BCUT2D eigenvalue weighted by Crippen LogP contribution is -2.17. The van der Waals surface area contributed by atoms with Crippen molar-refractivity contribution < 1.29 is 19.2 Å². The number of nitro groups is 1. The molecule has 0 aromatic heterocycles. The van der Waals surface area contributed by atoms with Crippen LogP contribution in [0.25, 0.3) is 0 Å². The van der Waals surface area contributed by atoms with Gasteiger partial charge in [0.15, 0.2) is 0 Å². The van der Waals surface area contributed by atoms with Crippen molar-refractivity contribution in [1.82, 2.24) is 5.43 Å². The number of rotatable bonds is 6. The molecule has 0 aliphatic carbocycles. The summed E-state index contributed by atoms with van der Waals surface area (Å²) in [5.41, 5.74) is 4.56. The zero-order chi connectivity index (χ0) is 21.5. The first-order valence-electron chi connectivity index (χ1n) is 8.89. The predicted octanol–water partition coefficient (Wildman–Crippen LogP) is 3.89. The fraction of sp³-hybridized carbons (Fsp3) is 0.0455. The van der Waals surface area contributed by atoms with Gasteiger partial charge in [-0.05, 0) is 55.0 Å². The predicted molar refractivity (Wildman–Crippen MR) is 111 cm³/mol. The van der Waals surface area contributed by atoms with Crippen LogP contribution >= 0.6 is 0 Å². The lowest BCUT2D eigenvalue weighted by molar-refractivity contribution is -0.384. The Morgan fingerprint density at radius 3 is 2.37 bits per heavy atom. The lowest BCUT2D eigenvalue weighted by Gasteiger charge is -2.04. The van der Waals surface area contributed by atoms with Crippen LogP contribution in [0.3, 0.4) is 0 Å². The van der Waals surface area contributed by atoms with Crippen molar-refractivity contribution in [2.75, 3.05) is 0 Å². The number of hydrazone groups is 1. The number of amides is 1. The standard InChI is InChI=1S/C22H17N3O5/c1-15-5-9-17(10-6-15)21(26)24-23-14-16-7-11-20(12-8-16)30-22(27)18-3-2-4-19(13-18)25(28)29/h2-14H,1H3,(H,24,26)/b23-14+. The average Bonchev–Trinajstić information content (AvgIpc) is 2.75. The minimum absolute atomic E-state index is 0.0775. The molecule has 0 saturated heterocycles. The second-order valence-electron chi connectivity index (χ2n) is 6.33. The monoisotopic (exact) mass is 403 g/mol. The Balaban J connectivity index is 1.58. The number of aryl methyl sites for hydroxylation is 1. The number of hydrogen-bond acceptors (Lipinski definition) is 6. The van der Waals surface area contributed by atoms with Crippen LogP contribution in [0.2, 0.25) is 0 Å². The van der Waals surface area contributed by atoms with Crippen LogP contribution in [-0.4, -0.2) is 23.0 Å². The number of nitrogens with one attached hydrogen (secondary N) is 1. The summed E-state index contributed by atoms with van der Waals surface area (Å²) < 4.78 is 5.22. The van der Waals surface area contributed by atoms with E-state index in [0.29, 0.717) is 11.1 Å². The third kappa shape index (κ3) is 5.35. The van der Waals surface area contributed by atoms with Gasteiger partial charge in [0.05, 0.1) is 16.7 Å². The molecule has 0 spiro atoms. The third-order valence-electron chi connectivity index (χ3n) is 4.08. The number of carbonyl (C=O) groups excluding carboxylic acids is 2. The van der Waals surface area contributed by atoms with Crippen LogP contribution in [0.15, 0.2) is 77.9 Å². The van der Waals surface area contributed by atoms with Gasteiger partial charge in [0, 0.05) is 17.7 Å². The van der Waals surface area contributed by atoms with E-state index in [2.05, 4.69) is 10.5 Å². The van der Waals surface area contributed by atoms with Gasteiger partial charge in [-0.2, -0.15) is 5.10 Å². The van der Waals surface area contributed by atoms with Crippen molar-refractivity contribution in [2.45, 2.75) is 6.92 Å². The molecule has 3 aromatic rings. The first-order chi connectivity index (χ1) is 14.4. The third-order valence-corrected chi connectivity index (χ3v) is 4.08. The number of ether oxygens (including phenoxy) is 1. The highest BCUT2D eigenvalue weighted by molar-refractivity contribution is 5.95. The summed E-state index contributed by atoms with van der Waals surface area (Å²) in [6.07, 6.45) is 1.46. The van der Waals surface area contributed by atoms with E-state index in [0.717, 1.165) is 11.6 Å². The highest BCUT2D eigenvalue weighted by atomic mass is 16.6. The van der Waals surface area contributed by atoms with Gasteiger partial charge in [0.1, 0.15) is 5.75 Å². The summed E-state index contributed by atoms with van der Waals surface area (Å²) in [4.78, 5) is 34.4. The minimum Gasteiger partial charge on any atom is -0.423 e. The number of nitro benzene ring substituents is 1. The van der Waals surface area contributed by atoms with Crippen molar-refractivity contribution in [3.63, 3.8) is 0 Å². The molecule has 0 fully saturated rings. The van der Waals surface area contributed by atoms with Crippen LogP contribution in [0.1, 0.15) is 31.8 Å². The van der Waals surface area contributed by atoms with Gasteiger partial charge in [0.25, 0.3) is 11.6 Å². The Kier molecular flexibility index (Phi) is 6.29. The Bertz CT molecular complexity index is 1110. The van der Waals surface area contributed by atoms with E-state index >= 15 is 0 Å². The molecule has 0 radical (unpaired) electrons. The number of nitrogens with zero attached hydrogens (tertiary/aromatic N) is 2. The molecule has 8 heteroatoms. The molecule has 8 nitrogen and oxygen atoms in total. The smallest absolute Gasteiger partial charge is 0.343 e. The molecule has 0 aliphatic heterocycles. The molecule has 0 unspecified atom stereocenters. The topological polar surface area (TPSA) is 111 Å². The minimum atomic E-state index is -0.703. The van der Waals surface area contributed by atoms with Gasteiger partial charge >= 0.3 is 5.97 Å². The van der Waals surface area contributed by atoms with Crippen molar-refractivity contribution in [3.05, 3.63) is 105 Å². The molecular formula is C22H17N3O5. The van der Waals surface area contributed by atoms with Crippen molar-refractivity contribution in [3.8, 4) is 5.75 Å². The van der Waals surface area contributed by atoms with Crippen LogP contribution in [0, 0.1) is 17.0 Å². The second kappa shape index (κ2) is 9.24. The number of carbonyl (C=O) groups is 2. The molecule has 1 N–H and O–H groups in total. The van der Waals surface area contributed by atoms with Crippen molar-refractivity contribution in [1.29, 1.82) is 0 Å². The maximum absolute atomic E-state index is 12.2. The highest BCUT2D eigenvalue weighted by Gasteiger charge is 2.13. The normalized spacial score (nSPS) is 10.6. The SMILES string of the molecule is Cc1ccc(C(=O)N/N=C/c2ccc(OC(=O)c3cccc([N+](=O)[O-])c3)cc2)cc1. The van der Waals surface area contributed by atoms with E-state index in [-0.39, 0.29) is 22.9 Å². The first-order valence-corrected chi connectivity index (χ1v) is 8.89. The summed E-state index contributed by atoms with van der Waals surface area (Å²) in [5, 5.41) is 14.7. The summed E-state index contributed by atoms with van der Waals surface area (Å²) in [7, 11) is 0. The summed E-state index contributed by atoms with van der Waals surface area (Å²) in [5.74, 6) is -0.758. The molecule has 3 rings (SSSR count). The Labute approximate surface area is 172 Å². The second-order valence-corrected chi connectivity index (χ2v) is 6.33. The summed E-state index contributed by atoms with van der Waals surface area (Å²) in [6.45, 7) is 1.93. The molecule has 30 heavy (non-hydrogen) atoms. The van der Waals surface area contributed by atoms with E-state index in [4.69, 9.17) is 4.74 Å². The number of esters is 1. The maximum atomic E-state index is 12.2. The van der Waals surface area contributed by atoms with Gasteiger partial charge < -0.3 is 4.74 Å². The van der Waals surface area contributed by atoms with E-state index in [1.54, 1.807) is 36.4 Å². The molecule has 0 atom stereocenters. The number of benzene rings is 3. The van der Waals surface area contributed by atoms with Gasteiger partial charge in [-0.15, -0.1) is 0 Å². The van der Waals surface area contributed by atoms with E-state index < -0.39 is 10.9 Å². The van der Waals surface area contributed by atoms with Gasteiger partial charge in [-0.3, -0.25) is 14.9 Å². The molecule has 0 heterocycles. The molecule has 0 saturated carbocycles. The van der Waals surface area contributed by atoms with Crippen molar-refractivity contribution in [2.24, 2.45) is 5.10 Å². The van der Waals surface area contributed by atoms with Gasteiger partial charge in [0.2, 0.25) is 0 Å². The van der Waals surface area contributed by atoms with Gasteiger partial charge in [-0.1, -0.05) is 23.8 Å². The fourth-order valence-electron chi connectivity index (χ4n) is 2.47. The molecule has 3 aromatic carbocycles. The maximum Gasteiger partial charge on any atom is 0.343 e. The first kappa shape index (κ1) is 20.4. The van der Waals surface area contributed by atoms with Crippen LogP contribution in [0.4, 0.5) is 5.69 Å². The largest absolute Gasteiger partial charge is 0.423 e. The quantitative estimate of drug-likeness (QED) is 0.221. The Morgan fingerprint density at radius 2 is 1.70 bits per heavy atom. The molecule has 1 amide bonds. The summed E-state index contributed by atoms with van der Waals surface area (Å²) in [6, 6.07) is 18.8. The van der Waals surface area contributed by atoms with Crippen LogP contribution < -0.4 is 10.2 Å². The average molecular weight is 403 g/mol. The van der Waals surface area contributed by atoms with E-state index in [1.807, 2.05) is 19.1 Å². The molecule has 0 bridgehead atoms. The zero-order valence-electron chi connectivity index (χ0n) is 15.9. The number of hydrogen-bond donors (Lipinski definition) is 1. The van der Waals surface area contributed by atoms with Crippen LogP contribution in [0.5, 0.6) is 5.75 Å². The molecular weight excluding hydrogens is 386 g/mol. The number of non-ortho nitro benzene ring substituents is 1. The zero-order valence-corrected chi connectivity index (χ0v) is 15.9. The lowest BCUT2D eigenvalue weighted by atomic mass is 10.1. The summed E-state index contributed by atoms with van der Waals surface area (Å²) >= 11 is 0. The Morgan fingerprint density at radius 1 is 1.00 bits per heavy atom. The molecule has 0 aliphatic rings. The van der Waals surface area contributed by atoms with Crippen LogP contribution in [-0.2, 0) is 0 Å². The van der Waals surface area contributed by atoms with E-state index in [1.165, 1.54) is 24.4 Å². The highest BCUT2D eigenvalue weighted by Crippen LogP contribution is 2.17. The fourth-order valence-corrected chi connectivity index (χ4v) is 2.47. The van der Waals surface area contributed by atoms with Gasteiger partial charge in [-0.25, -0.2) is 10.2 Å². The van der Waals surface area contributed by atoms with E-state index in [9.17, 15) is 19.7 Å². The Hall–Kier alpha value is -4.33. The molecule has 150 valence electrons.